The number of halogens is 2. The first-order valence-electron chi connectivity index (χ1n) is 7.13. The van der Waals surface area contributed by atoms with Gasteiger partial charge in [-0.3, -0.25) is 4.79 Å². The summed E-state index contributed by atoms with van der Waals surface area (Å²) >= 11 is 13.5. The van der Waals surface area contributed by atoms with Gasteiger partial charge in [0.05, 0.1) is 5.02 Å². The Bertz CT molecular complexity index is 673. The quantitative estimate of drug-likeness (QED) is 0.827. The number of nitrogens with zero attached hydrogens (tertiary/aromatic N) is 3. The van der Waals surface area contributed by atoms with Crippen molar-refractivity contribution in [2.75, 3.05) is 37.7 Å². The topological polar surface area (TPSA) is 45.7 Å². The Kier molecular flexibility index (Phi) is 5.25. The highest BCUT2D eigenvalue weighted by molar-refractivity contribution is 7.13. The molecule has 2 heterocycles. The monoisotopic (exact) mass is 371 g/mol. The van der Waals surface area contributed by atoms with Crippen LogP contribution in [0.25, 0.3) is 0 Å². The second kappa shape index (κ2) is 7.38. The molecule has 0 radical (unpaired) electrons. The first-order valence-corrected chi connectivity index (χ1v) is 8.77. The molecule has 1 fully saturated rings. The maximum absolute atomic E-state index is 12.2. The smallest absolute Gasteiger partial charge is 0.260 e. The molecule has 23 heavy (non-hydrogen) atoms. The summed E-state index contributed by atoms with van der Waals surface area (Å²) in [5, 5.41) is 3.89. The largest absolute Gasteiger partial charge is 0.482 e. The zero-order valence-corrected chi connectivity index (χ0v) is 14.6. The lowest BCUT2D eigenvalue weighted by molar-refractivity contribution is -0.133. The van der Waals surface area contributed by atoms with Crippen LogP contribution in [0.3, 0.4) is 0 Å². The van der Waals surface area contributed by atoms with Crippen LogP contribution in [0.5, 0.6) is 5.75 Å². The highest BCUT2D eigenvalue weighted by atomic mass is 35.5. The fourth-order valence-corrected chi connectivity index (χ4v) is 3.50. The van der Waals surface area contributed by atoms with Crippen LogP contribution in [-0.2, 0) is 4.79 Å². The van der Waals surface area contributed by atoms with Gasteiger partial charge in [-0.25, -0.2) is 4.98 Å². The molecule has 3 rings (SSSR count). The van der Waals surface area contributed by atoms with Gasteiger partial charge in [-0.1, -0.05) is 23.2 Å². The van der Waals surface area contributed by atoms with Crippen LogP contribution < -0.4 is 9.64 Å². The molecular weight excluding hydrogens is 357 g/mol. The molecule has 122 valence electrons. The minimum absolute atomic E-state index is 0.0292. The number of carbonyl (C=O) groups is 1. The van der Waals surface area contributed by atoms with Crippen molar-refractivity contribution in [3.8, 4) is 5.75 Å². The summed E-state index contributed by atoms with van der Waals surface area (Å²) in [4.78, 5) is 20.5. The summed E-state index contributed by atoms with van der Waals surface area (Å²) in [5.74, 6) is 0.417. The predicted octanol–water partition coefficient (Wildman–Crippen LogP) is 3.18. The summed E-state index contributed by atoms with van der Waals surface area (Å²) in [6, 6.07) is 4.94. The first kappa shape index (κ1) is 16.4. The Balaban J connectivity index is 1.50. The van der Waals surface area contributed by atoms with Crippen LogP contribution in [0.4, 0.5) is 5.13 Å². The molecule has 5 nitrogen and oxygen atoms in total. The molecule has 2 aromatic rings. The SMILES string of the molecule is O=C(COc1ccc(Cl)cc1Cl)N1CCN(c2nccs2)CC1. The van der Waals surface area contributed by atoms with Gasteiger partial charge in [0, 0.05) is 42.8 Å². The van der Waals surface area contributed by atoms with Gasteiger partial charge in [0.15, 0.2) is 11.7 Å². The average molecular weight is 372 g/mol. The maximum Gasteiger partial charge on any atom is 0.260 e. The molecule has 0 N–H and O–H groups in total. The van der Waals surface area contributed by atoms with Crippen molar-refractivity contribution in [1.82, 2.24) is 9.88 Å². The summed E-state index contributed by atoms with van der Waals surface area (Å²) < 4.78 is 5.50. The number of piperazine rings is 1. The number of rotatable bonds is 4. The number of ether oxygens (including phenoxy) is 1. The molecule has 1 amide bonds. The van der Waals surface area contributed by atoms with Gasteiger partial charge in [-0.2, -0.15) is 0 Å². The van der Waals surface area contributed by atoms with Crippen molar-refractivity contribution in [2.45, 2.75) is 0 Å². The lowest BCUT2D eigenvalue weighted by Gasteiger charge is -2.34. The molecule has 0 atom stereocenters. The lowest BCUT2D eigenvalue weighted by Crippen LogP contribution is -2.50. The van der Waals surface area contributed by atoms with E-state index in [1.165, 1.54) is 0 Å². The number of thiazole rings is 1. The minimum Gasteiger partial charge on any atom is -0.482 e. The van der Waals surface area contributed by atoms with Gasteiger partial charge in [0.1, 0.15) is 5.75 Å². The van der Waals surface area contributed by atoms with E-state index in [1.54, 1.807) is 40.6 Å². The normalized spacial score (nSPS) is 14.9. The van der Waals surface area contributed by atoms with Crippen molar-refractivity contribution >= 4 is 45.6 Å². The number of hydrogen-bond donors (Lipinski definition) is 0. The molecule has 0 spiro atoms. The third kappa shape index (κ3) is 4.07. The third-order valence-corrected chi connectivity index (χ3v) is 4.93. The molecule has 0 unspecified atom stereocenters. The van der Waals surface area contributed by atoms with Gasteiger partial charge >= 0.3 is 0 Å². The number of carbonyl (C=O) groups excluding carboxylic acids is 1. The Morgan fingerprint density at radius 1 is 1.26 bits per heavy atom. The molecule has 1 aliphatic heterocycles. The number of amides is 1. The Labute approximate surface area is 148 Å². The molecule has 1 aromatic heterocycles. The van der Waals surface area contributed by atoms with Gasteiger partial charge < -0.3 is 14.5 Å². The van der Waals surface area contributed by atoms with E-state index in [4.69, 9.17) is 27.9 Å². The number of anilines is 1. The second-order valence-electron chi connectivity index (χ2n) is 5.05. The van der Waals surface area contributed by atoms with Crippen molar-refractivity contribution in [3.05, 3.63) is 39.8 Å². The van der Waals surface area contributed by atoms with Crippen LogP contribution in [0, 0.1) is 0 Å². The Morgan fingerprint density at radius 2 is 2.04 bits per heavy atom. The molecule has 1 aromatic carbocycles. The predicted molar refractivity (Wildman–Crippen MR) is 92.9 cm³/mol. The van der Waals surface area contributed by atoms with Crippen LogP contribution in [0.2, 0.25) is 10.0 Å². The van der Waals surface area contributed by atoms with Crippen molar-refractivity contribution in [3.63, 3.8) is 0 Å². The van der Waals surface area contributed by atoms with E-state index in [2.05, 4.69) is 9.88 Å². The van der Waals surface area contributed by atoms with Crippen LogP contribution in [0.15, 0.2) is 29.8 Å². The number of aromatic nitrogens is 1. The van der Waals surface area contributed by atoms with Gasteiger partial charge in [-0.15, -0.1) is 11.3 Å². The van der Waals surface area contributed by atoms with E-state index in [0.717, 1.165) is 18.2 Å². The number of hydrogen-bond acceptors (Lipinski definition) is 5. The fraction of sp³-hybridized carbons (Fsp3) is 0.333. The van der Waals surface area contributed by atoms with Gasteiger partial charge in [0.25, 0.3) is 5.91 Å². The van der Waals surface area contributed by atoms with Crippen LogP contribution >= 0.6 is 34.5 Å². The molecule has 1 aliphatic rings. The molecule has 0 aliphatic carbocycles. The Morgan fingerprint density at radius 3 is 2.70 bits per heavy atom. The van der Waals surface area contributed by atoms with Gasteiger partial charge in [-0.05, 0) is 18.2 Å². The minimum atomic E-state index is -0.0465. The number of benzene rings is 1. The van der Waals surface area contributed by atoms with E-state index in [-0.39, 0.29) is 12.5 Å². The highest BCUT2D eigenvalue weighted by Crippen LogP contribution is 2.27. The second-order valence-corrected chi connectivity index (χ2v) is 6.76. The van der Waals surface area contributed by atoms with Crippen molar-refractivity contribution < 1.29 is 9.53 Å². The zero-order chi connectivity index (χ0) is 16.2. The van der Waals surface area contributed by atoms with E-state index >= 15 is 0 Å². The summed E-state index contributed by atoms with van der Waals surface area (Å²) in [7, 11) is 0. The summed E-state index contributed by atoms with van der Waals surface area (Å²) in [5.41, 5.74) is 0. The van der Waals surface area contributed by atoms with Gasteiger partial charge in [0.2, 0.25) is 0 Å². The third-order valence-electron chi connectivity index (χ3n) is 3.57. The average Bonchev–Trinajstić information content (AvgIpc) is 3.08. The summed E-state index contributed by atoms with van der Waals surface area (Å²) in [6.07, 6.45) is 1.79. The Hall–Kier alpha value is -1.50. The first-order chi connectivity index (χ1) is 11.1. The van der Waals surface area contributed by atoms with Crippen molar-refractivity contribution in [2.24, 2.45) is 0 Å². The molecule has 0 bridgehead atoms. The molecule has 0 saturated carbocycles. The van der Waals surface area contributed by atoms with Crippen LogP contribution in [-0.4, -0.2) is 48.6 Å². The molecule has 1 saturated heterocycles. The molecule has 8 heteroatoms. The highest BCUT2D eigenvalue weighted by Gasteiger charge is 2.22. The van der Waals surface area contributed by atoms with Crippen molar-refractivity contribution in [1.29, 1.82) is 0 Å². The van der Waals surface area contributed by atoms with E-state index in [1.807, 2.05) is 5.38 Å². The van der Waals surface area contributed by atoms with E-state index in [0.29, 0.717) is 28.9 Å². The zero-order valence-electron chi connectivity index (χ0n) is 12.2. The van der Waals surface area contributed by atoms with E-state index < -0.39 is 0 Å². The maximum atomic E-state index is 12.2. The van der Waals surface area contributed by atoms with Crippen LogP contribution in [0.1, 0.15) is 0 Å². The fourth-order valence-electron chi connectivity index (χ4n) is 2.34. The lowest BCUT2D eigenvalue weighted by atomic mass is 10.3. The molecular formula is C15H15Cl2N3O2S. The van der Waals surface area contributed by atoms with E-state index in [9.17, 15) is 4.79 Å². The standard InChI is InChI=1S/C15H15Cl2N3O2S/c16-11-1-2-13(12(17)9-11)22-10-14(21)19-4-6-20(7-5-19)15-18-3-8-23-15/h1-3,8-9H,4-7,10H2. The summed E-state index contributed by atoms with van der Waals surface area (Å²) in [6.45, 7) is 2.85.